The van der Waals surface area contributed by atoms with E-state index in [-0.39, 0.29) is 6.10 Å². The van der Waals surface area contributed by atoms with Gasteiger partial charge in [-0.2, -0.15) is 0 Å². The highest BCUT2D eigenvalue weighted by Gasteiger charge is 2.23. The molecule has 0 amide bonds. The van der Waals surface area contributed by atoms with Crippen molar-refractivity contribution in [3.63, 3.8) is 0 Å². The zero-order valence-electron chi connectivity index (χ0n) is 13.6. The maximum absolute atomic E-state index is 5.85. The van der Waals surface area contributed by atoms with Gasteiger partial charge in [0, 0.05) is 12.1 Å². The largest absolute Gasteiger partial charge is 0.487 e. The Morgan fingerprint density at radius 1 is 1.33 bits per heavy atom. The molecule has 1 aromatic carbocycles. The van der Waals surface area contributed by atoms with Crippen LogP contribution < -0.4 is 10.1 Å². The van der Waals surface area contributed by atoms with E-state index < -0.39 is 0 Å². The van der Waals surface area contributed by atoms with Crippen LogP contribution in [0.1, 0.15) is 45.6 Å². The molecule has 21 heavy (non-hydrogen) atoms. The minimum absolute atomic E-state index is 0.261. The second-order valence-electron chi connectivity index (χ2n) is 6.78. The number of rotatable bonds is 3. The van der Waals surface area contributed by atoms with Crippen molar-refractivity contribution in [2.45, 2.75) is 64.6 Å². The van der Waals surface area contributed by atoms with Crippen molar-refractivity contribution < 1.29 is 4.74 Å². The van der Waals surface area contributed by atoms with Crippen LogP contribution in [0, 0.1) is 0 Å². The van der Waals surface area contributed by atoms with Crippen LogP contribution in [0.3, 0.4) is 0 Å². The van der Waals surface area contributed by atoms with Gasteiger partial charge in [-0.1, -0.05) is 12.5 Å². The number of nitrogens with one attached hydrogen (secondary N) is 1. The molecular formula is C18H28N2O. The highest BCUT2D eigenvalue weighted by molar-refractivity contribution is 5.59. The average Bonchev–Trinajstić information content (AvgIpc) is 2.48. The molecule has 0 bridgehead atoms. The molecule has 0 radical (unpaired) electrons. The van der Waals surface area contributed by atoms with E-state index in [0.29, 0.717) is 6.04 Å². The Morgan fingerprint density at radius 3 is 3.00 bits per heavy atom. The van der Waals surface area contributed by atoms with Gasteiger partial charge < -0.3 is 10.1 Å². The molecule has 1 saturated heterocycles. The van der Waals surface area contributed by atoms with Gasteiger partial charge in [0.2, 0.25) is 0 Å². The number of anilines is 1. The van der Waals surface area contributed by atoms with Gasteiger partial charge in [0.25, 0.3) is 0 Å². The summed E-state index contributed by atoms with van der Waals surface area (Å²) >= 11 is 0. The van der Waals surface area contributed by atoms with Gasteiger partial charge in [-0.15, -0.1) is 0 Å². The highest BCUT2D eigenvalue weighted by atomic mass is 16.5. The molecule has 0 saturated carbocycles. The van der Waals surface area contributed by atoms with Gasteiger partial charge in [-0.25, -0.2) is 0 Å². The van der Waals surface area contributed by atoms with Crippen LogP contribution in [-0.4, -0.2) is 36.2 Å². The second kappa shape index (κ2) is 6.27. The van der Waals surface area contributed by atoms with E-state index in [9.17, 15) is 0 Å². The lowest BCUT2D eigenvalue weighted by Crippen LogP contribution is -2.44. The van der Waals surface area contributed by atoms with Crippen LogP contribution in [0.4, 0.5) is 5.69 Å². The minimum Gasteiger partial charge on any atom is -0.487 e. The third kappa shape index (κ3) is 3.34. The van der Waals surface area contributed by atoms with Crippen molar-refractivity contribution in [3.05, 3.63) is 23.8 Å². The Bertz CT molecular complexity index is 488. The fourth-order valence-electron chi connectivity index (χ4n) is 3.69. The molecule has 3 heteroatoms. The predicted molar refractivity (Wildman–Crippen MR) is 88.2 cm³/mol. The molecule has 0 aliphatic carbocycles. The molecule has 2 aliphatic rings. The average molecular weight is 288 g/mol. The summed E-state index contributed by atoms with van der Waals surface area (Å²) in [7, 11) is 0. The molecule has 2 heterocycles. The van der Waals surface area contributed by atoms with Gasteiger partial charge in [-0.05, 0) is 64.3 Å². The Labute approximate surface area is 128 Å². The first-order valence-electron chi connectivity index (χ1n) is 8.42. The first-order chi connectivity index (χ1) is 10.1. The lowest BCUT2D eigenvalue weighted by Gasteiger charge is -2.38. The van der Waals surface area contributed by atoms with E-state index in [4.69, 9.17) is 4.74 Å². The number of ether oxygens (including phenoxy) is 1. The van der Waals surface area contributed by atoms with Gasteiger partial charge in [0.15, 0.2) is 0 Å². The van der Waals surface area contributed by atoms with Gasteiger partial charge in [0.1, 0.15) is 11.9 Å². The molecule has 3 atom stereocenters. The molecule has 0 aromatic heterocycles. The summed E-state index contributed by atoms with van der Waals surface area (Å²) < 4.78 is 5.85. The van der Waals surface area contributed by atoms with Crippen LogP contribution in [0.2, 0.25) is 0 Å². The summed E-state index contributed by atoms with van der Waals surface area (Å²) in [4.78, 5) is 2.68. The maximum atomic E-state index is 5.85. The molecular weight excluding hydrogens is 260 g/mol. The quantitative estimate of drug-likeness (QED) is 0.918. The second-order valence-corrected chi connectivity index (χ2v) is 6.78. The molecule has 3 nitrogen and oxygen atoms in total. The molecule has 3 rings (SSSR count). The Hall–Kier alpha value is -1.22. The first kappa shape index (κ1) is 14.7. The number of hydrogen-bond acceptors (Lipinski definition) is 3. The van der Waals surface area contributed by atoms with Crippen molar-refractivity contribution in [2.24, 2.45) is 0 Å². The Morgan fingerprint density at radius 2 is 2.19 bits per heavy atom. The summed E-state index contributed by atoms with van der Waals surface area (Å²) in [6, 6.07) is 7.96. The van der Waals surface area contributed by atoms with E-state index >= 15 is 0 Å². The molecule has 2 aliphatic heterocycles. The first-order valence-corrected chi connectivity index (χ1v) is 8.42. The van der Waals surface area contributed by atoms with Crippen LogP contribution in [-0.2, 0) is 6.42 Å². The molecule has 0 spiro atoms. The monoisotopic (exact) mass is 288 g/mol. The van der Waals surface area contributed by atoms with E-state index in [0.717, 1.165) is 30.4 Å². The molecule has 1 aromatic rings. The van der Waals surface area contributed by atoms with Crippen molar-refractivity contribution in [1.29, 1.82) is 0 Å². The van der Waals surface area contributed by atoms with Gasteiger partial charge in [0.05, 0.1) is 12.2 Å². The lowest BCUT2D eigenvalue weighted by molar-refractivity contribution is 0.114. The Balaban J connectivity index is 1.67. The predicted octanol–water partition coefficient (Wildman–Crippen LogP) is 3.68. The third-order valence-electron chi connectivity index (χ3n) is 4.90. The molecule has 1 N–H and O–H groups in total. The summed E-state index contributed by atoms with van der Waals surface area (Å²) in [5, 5.41) is 3.48. The summed E-state index contributed by atoms with van der Waals surface area (Å²) in [5.41, 5.74) is 2.56. The lowest BCUT2D eigenvalue weighted by atomic mass is 9.98. The standard InChI is InChI=1S/C18H28N2O/c1-13-6-4-5-9-20(13)14(2)10-16-7-8-18-17(11-16)19-12-15(3)21-18/h7-8,11,13-15,19H,4-6,9-10,12H2,1-3H3. The van der Waals surface area contributed by atoms with Gasteiger partial charge >= 0.3 is 0 Å². The number of likely N-dealkylation sites (tertiary alicyclic amines) is 1. The number of hydrogen-bond donors (Lipinski definition) is 1. The van der Waals surface area contributed by atoms with Crippen molar-refractivity contribution in [1.82, 2.24) is 4.90 Å². The van der Waals surface area contributed by atoms with Crippen LogP contribution in [0.5, 0.6) is 5.75 Å². The smallest absolute Gasteiger partial charge is 0.142 e. The Kier molecular flexibility index (Phi) is 4.39. The van der Waals surface area contributed by atoms with Crippen molar-refractivity contribution in [3.8, 4) is 5.75 Å². The highest BCUT2D eigenvalue weighted by Crippen LogP contribution is 2.31. The zero-order chi connectivity index (χ0) is 14.8. The van der Waals surface area contributed by atoms with E-state index in [1.807, 2.05) is 0 Å². The van der Waals surface area contributed by atoms with Crippen LogP contribution >= 0.6 is 0 Å². The van der Waals surface area contributed by atoms with E-state index in [1.165, 1.54) is 31.4 Å². The fourth-order valence-corrected chi connectivity index (χ4v) is 3.69. The van der Waals surface area contributed by atoms with Crippen LogP contribution in [0.25, 0.3) is 0 Å². The summed E-state index contributed by atoms with van der Waals surface area (Å²) in [5.74, 6) is 0.997. The van der Waals surface area contributed by atoms with E-state index in [2.05, 4.69) is 49.2 Å². The van der Waals surface area contributed by atoms with E-state index in [1.54, 1.807) is 0 Å². The van der Waals surface area contributed by atoms with Crippen molar-refractivity contribution in [2.75, 3.05) is 18.4 Å². The maximum Gasteiger partial charge on any atom is 0.142 e. The van der Waals surface area contributed by atoms with Crippen molar-refractivity contribution >= 4 is 5.69 Å². The minimum atomic E-state index is 0.261. The number of piperidine rings is 1. The topological polar surface area (TPSA) is 24.5 Å². The van der Waals surface area contributed by atoms with Gasteiger partial charge in [-0.3, -0.25) is 4.90 Å². The SMILES string of the molecule is CC1CNc2cc(CC(C)N3CCCCC3C)ccc2O1. The normalized spacial score (nSPS) is 27.4. The number of nitrogens with zero attached hydrogens (tertiary/aromatic N) is 1. The molecule has 116 valence electrons. The zero-order valence-corrected chi connectivity index (χ0v) is 13.6. The number of benzene rings is 1. The molecule has 3 unspecified atom stereocenters. The fraction of sp³-hybridized carbons (Fsp3) is 0.667. The number of fused-ring (bicyclic) bond motifs is 1. The third-order valence-corrected chi connectivity index (χ3v) is 4.90. The van der Waals surface area contributed by atoms with Crippen LogP contribution in [0.15, 0.2) is 18.2 Å². The summed E-state index contributed by atoms with van der Waals surface area (Å²) in [6.45, 7) is 9.00. The molecule has 1 fully saturated rings. The summed E-state index contributed by atoms with van der Waals surface area (Å²) in [6.07, 6.45) is 5.47.